The number of nitrogens with zero attached hydrogens (tertiary/aromatic N) is 1. The van der Waals surface area contributed by atoms with Crippen LogP contribution in [0.15, 0.2) is 18.3 Å². The predicted molar refractivity (Wildman–Crippen MR) is 66.1 cm³/mol. The first-order valence-electron chi connectivity index (χ1n) is 6.37. The zero-order valence-electron chi connectivity index (χ0n) is 11.1. The number of halogens is 3. The van der Waals surface area contributed by atoms with Gasteiger partial charge in [-0.3, -0.25) is 4.98 Å². The van der Waals surface area contributed by atoms with Crippen LogP contribution in [-0.2, 0) is 22.2 Å². The summed E-state index contributed by atoms with van der Waals surface area (Å²) in [5, 5.41) is 3.20. The van der Waals surface area contributed by atoms with E-state index >= 15 is 0 Å². The molecule has 1 aromatic rings. The predicted octanol–water partition coefficient (Wildman–Crippen LogP) is 1.99. The van der Waals surface area contributed by atoms with E-state index in [9.17, 15) is 13.2 Å². The zero-order chi connectivity index (χ0) is 14.6. The molecule has 0 unspecified atom stereocenters. The van der Waals surface area contributed by atoms with Crippen LogP contribution in [0.3, 0.4) is 0 Å². The minimum atomic E-state index is -4.35. The van der Waals surface area contributed by atoms with Gasteiger partial charge < -0.3 is 14.8 Å². The zero-order valence-corrected chi connectivity index (χ0v) is 11.1. The van der Waals surface area contributed by atoms with Gasteiger partial charge in [-0.2, -0.15) is 13.2 Å². The Morgan fingerprint density at radius 1 is 1.45 bits per heavy atom. The minimum Gasteiger partial charge on any atom is -0.380 e. The third-order valence-corrected chi connectivity index (χ3v) is 3.29. The number of hydrogen-bond donors (Lipinski definition) is 1. The molecule has 1 saturated heterocycles. The van der Waals surface area contributed by atoms with Crippen molar-refractivity contribution < 1.29 is 22.6 Å². The van der Waals surface area contributed by atoms with E-state index in [1.165, 1.54) is 6.07 Å². The first-order valence-corrected chi connectivity index (χ1v) is 6.37. The van der Waals surface area contributed by atoms with Crippen molar-refractivity contribution in [1.29, 1.82) is 0 Å². The first kappa shape index (κ1) is 15.2. The Hall–Kier alpha value is -1.18. The maximum atomic E-state index is 12.4. The van der Waals surface area contributed by atoms with Crippen molar-refractivity contribution in [1.82, 2.24) is 10.3 Å². The maximum absolute atomic E-state index is 12.4. The highest BCUT2D eigenvalue weighted by molar-refractivity contribution is 5.16. The van der Waals surface area contributed by atoms with Crippen LogP contribution in [0.5, 0.6) is 0 Å². The molecule has 2 rings (SSSR count). The number of rotatable bonds is 4. The van der Waals surface area contributed by atoms with Gasteiger partial charge in [0, 0.05) is 26.5 Å². The highest BCUT2D eigenvalue weighted by Gasteiger charge is 2.30. The Morgan fingerprint density at radius 3 is 2.85 bits per heavy atom. The number of nitrogens with one attached hydrogen (secondary N) is 1. The Kier molecular flexibility index (Phi) is 4.95. The lowest BCUT2D eigenvalue weighted by atomic mass is 10.1. The van der Waals surface area contributed by atoms with Crippen LogP contribution >= 0.6 is 0 Å². The lowest BCUT2D eigenvalue weighted by Crippen LogP contribution is -2.47. The summed E-state index contributed by atoms with van der Waals surface area (Å²) in [4.78, 5) is 3.82. The molecule has 1 fully saturated rings. The molecule has 4 nitrogen and oxygen atoms in total. The number of pyridine rings is 1. The van der Waals surface area contributed by atoms with E-state index in [1.54, 1.807) is 7.11 Å². The Bertz CT molecular complexity index is 423. The molecule has 1 aliphatic rings. The monoisotopic (exact) mass is 290 g/mol. The number of ether oxygens (including phenoxy) is 2. The number of alkyl halides is 3. The van der Waals surface area contributed by atoms with Crippen molar-refractivity contribution in [2.24, 2.45) is 0 Å². The fraction of sp³-hybridized carbons (Fsp3) is 0.615. The van der Waals surface area contributed by atoms with Gasteiger partial charge in [-0.25, -0.2) is 0 Å². The summed E-state index contributed by atoms with van der Waals surface area (Å²) in [5.41, 5.74) is -0.185. The van der Waals surface area contributed by atoms with Crippen LogP contribution < -0.4 is 5.32 Å². The van der Waals surface area contributed by atoms with Gasteiger partial charge in [0.15, 0.2) is 0 Å². The second-order valence-corrected chi connectivity index (χ2v) is 4.66. The first-order chi connectivity index (χ1) is 9.50. The smallest absolute Gasteiger partial charge is 0.380 e. The quantitative estimate of drug-likeness (QED) is 0.921. The van der Waals surface area contributed by atoms with Crippen LogP contribution in [0, 0.1) is 0 Å². The van der Waals surface area contributed by atoms with Gasteiger partial charge in [-0.1, -0.05) is 0 Å². The van der Waals surface area contributed by atoms with Crippen molar-refractivity contribution in [3.05, 3.63) is 29.6 Å². The van der Waals surface area contributed by atoms with Gasteiger partial charge in [0.05, 0.1) is 30.0 Å². The van der Waals surface area contributed by atoms with Gasteiger partial charge in [-0.05, 0) is 18.6 Å². The largest absolute Gasteiger partial charge is 0.417 e. The fourth-order valence-corrected chi connectivity index (χ4v) is 2.12. The summed E-state index contributed by atoms with van der Waals surface area (Å²) in [6, 6.07) is 2.44. The van der Waals surface area contributed by atoms with Crippen molar-refractivity contribution in [3.63, 3.8) is 0 Å². The molecule has 0 saturated carbocycles. The summed E-state index contributed by atoms with van der Waals surface area (Å²) in [6.07, 6.45) is -2.65. The van der Waals surface area contributed by atoms with Gasteiger partial charge in [-0.15, -0.1) is 0 Å². The molecule has 0 amide bonds. The third-order valence-electron chi connectivity index (χ3n) is 3.29. The van der Waals surface area contributed by atoms with Crippen LogP contribution in [0.1, 0.15) is 17.7 Å². The average Bonchev–Trinajstić information content (AvgIpc) is 2.45. The van der Waals surface area contributed by atoms with Crippen molar-refractivity contribution in [2.75, 3.05) is 20.3 Å². The van der Waals surface area contributed by atoms with Crippen molar-refractivity contribution >= 4 is 0 Å². The Labute approximate surface area is 115 Å². The van der Waals surface area contributed by atoms with Gasteiger partial charge in [0.2, 0.25) is 0 Å². The fourth-order valence-electron chi connectivity index (χ4n) is 2.12. The molecule has 1 aliphatic heterocycles. The molecule has 112 valence electrons. The summed E-state index contributed by atoms with van der Waals surface area (Å²) in [7, 11) is 1.64. The normalized spacial score (nSPS) is 23.8. The topological polar surface area (TPSA) is 43.4 Å². The second kappa shape index (κ2) is 6.51. The van der Waals surface area contributed by atoms with E-state index in [1.807, 2.05) is 0 Å². The highest BCUT2D eigenvalue weighted by atomic mass is 19.4. The molecular weight excluding hydrogens is 273 g/mol. The van der Waals surface area contributed by atoms with Gasteiger partial charge in [0.1, 0.15) is 0 Å². The minimum absolute atomic E-state index is 0.0258. The Morgan fingerprint density at radius 2 is 2.25 bits per heavy atom. The molecule has 2 atom stereocenters. The molecule has 1 N–H and O–H groups in total. The molecule has 0 aliphatic carbocycles. The standard InChI is InChI=1S/C13H17F3N2O2/c1-19-12-4-5-20-8-11(12)18-7-10-3-2-9(6-17-10)13(14,15)16/h2-3,6,11-12,18H,4-5,7-8H2,1H3/t11-,12-/m1/s1. The molecule has 0 bridgehead atoms. The maximum Gasteiger partial charge on any atom is 0.417 e. The SMILES string of the molecule is CO[C@@H]1CCOC[C@H]1NCc1ccc(C(F)(F)F)cn1. The molecule has 20 heavy (non-hydrogen) atoms. The average molecular weight is 290 g/mol. The molecule has 0 aromatic carbocycles. The van der Waals surface area contributed by atoms with Crippen LogP contribution in [-0.4, -0.2) is 37.5 Å². The summed E-state index contributed by atoms with van der Waals surface area (Å²) in [6.45, 7) is 1.57. The molecule has 7 heteroatoms. The van der Waals surface area contributed by atoms with Crippen molar-refractivity contribution in [3.8, 4) is 0 Å². The van der Waals surface area contributed by atoms with E-state index in [0.29, 0.717) is 25.5 Å². The van der Waals surface area contributed by atoms with E-state index in [0.717, 1.165) is 18.7 Å². The van der Waals surface area contributed by atoms with Crippen LogP contribution in [0.4, 0.5) is 13.2 Å². The van der Waals surface area contributed by atoms with E-state index in [2.05, 4.69) is 10.3 Å². The summed E-state index contributed by atoms with van der Waals surface area (Å²) in [5.74, 6) is 0. The lowest BCUT2D eigenvalue weighted by molar-refractivity contribution is -0.137. The van der Waals surface area contributed by atoms with E-state index in [-0.39, 0.29) is 12.1 Å². The van der Waals surface area contributed by atoms with Crippen LogP contribution in [0.25, 0.3) is 0 Å². The molecule has 1 aromatic heterocycles. The number of aromatic nitrogens is 1. The van der Waals surface area contributed by atoms with Crippen LogP contribution in [0.2, 0.25) is 0 Å². The molecular formula is C13H17F3N2O2. The Balaban J connectivity index is 1.90. The summed E-state index contributed by atoms with van der Waals surface area (Å²) >= 11 is 0. The van der Waals surface area contributed by atoms with Gasteiger partial charge in [0.25, 0.3) is 0 Å². The lowest BCUT2D eigenvalue weighted by Gasteiger charge is -2.31. The highest BCUT2D eigenvalue weighted by Crippen LogP contribution is 2.28. The molecule has 0 radical (unpaired) electrons. The summed E-state index contributed by atoms with van der Waals surface area (Å²) < 4.78 is 47.9. The number of hydrogen-bond acceptors (Lipinski definition) is 4. The molecule has 2 heterocycles. The molecule has 0 spiro atoms. The number of methoxy groups -OCH3 is 1. The second-order valence-electron chi connectivity index (χ2n) is 4.66. The third kappa shape index (κ3) is 3.91. The van der Waals surface area contributed by atoms with E-state index in [4.69, 9.17) is 9.47 Å². The van der Waals surface area contributed by atoms with E-state index < -0.39 is 11.7 Å². The van der Waals surface area contributed by atoms with Crippen molar-refractivity contribution in [2.45, 2.75) is 31.3 Å². The van der Waals surface area contributed by atoms with Gasteiger partial charge >= 0.3 is 6.18 Å².